The second-order valence-corrected chi connectivity index (χ2v) is 8.95. The standard InChI is InChI=1S/C26H28O/c1-24(2)18-12-6-9-15-21(18)26(5,22-16-10-7-13-19(22)24)23-17-11-8-14-20(23)25(3,4)27/h6-17,27H,1-5H3. The Morgan fingerprint density at radius 1 is 0.593 bits per heavy atom. The Labute approximate surface area is 162 Å². The molecule has 0 saturated heterocycles. The molecule has 1 nitrogen and oxygen atoms in total. The molecule has 0 atom stereocenters. The van der Waals surface area contributed by atoms with E-state index in [1.165, 1.54) is 27.8 Å². The topological polar surface area (TPSA) is 20.2 Å². The van der Waals surface area contributed by atoms with E-state index in [0.29, 0.717) is 0 Å². The molecular weight excluding hydrogens is 328 g/mol. The summed E-state index contributed by atoms with van der Waals surface area (Å²) in [6, 6.07) is 25.9. The van der Waals surface area contributed by atoms with Crippen LogP contribution in [0.15, 0.2) is 72.8 Å². The maximum absolute atomic E-state index is 10.9. The van der Waals surface area contributed by atoms with Gasteiger partial charge in [-0.1, -0.05) is 86.6 Å². The summed E-state index contributed by atoms with van der Waals surface area (Å²) in [6.45, 7) is 10.7. The Morgan fingerprint density at radius 3 is 1.41 bits per heavy atom. The van der Waals surface area contributed by atoms with Gasteiger partial charge < -0.3 is 5.11 Å². The van der Waals surface area contributed by atoms with Crippen LogP contribution in [0.5, 0.6) is 0 Å². The molecular formula is C26H28O. The fraction of sp³-hybridized carbons (Fsp3) is 0.308. The number of hydrogen-bond donors (Lipinski definition) is 1. The van der Waals surface area contributed by atoms with Gasteiger partial charge in [0.15, 0.2) is 0 Å². The Balaban J connectivity index is 2.15. The Hall–Kier alpha value is -2.38. The van der Waals surface area contributed by atoms with Crippen LogP contribution in [0.4, 0.5) is 0 Å². The lowest BCUT2D eigenvalue weighted by atomic mass is 9.56. The van der Waals surface area contributed by atoms with Crippen LogP contribution < -0.4 is 0 Å². The van der Waals surface area contributed by atoms with Gasteiger partial charge >= 0.3 is 0 Å². The van der Waals surface area contributed by atoms with Crippen molar-refractivity contribution in [2.45, 2.75) is 51.0 Å². The van der Waals surface area contributed by atoms with Crippen LogP contribution in [0.2, 0.25) is 0 Å². The predicted octanol–water partition coefficient (Wildman–Crippen LogP) is 5.91. The minimum absolute atomic E-state index is 0.0592. The van der Waals surface area contributed by atoms with Crippen LogP contribution in [0.25, 0.3) is 0 Å². The SMILES string of the molecule is CC(C)(O)c1ccccc1C1(C)c2ccccc2C(C)(C)c2ccccc21. The maximum atomic E-state index is 10.9. The van der Waals surface area contributed by atoms with Gasteiger partial charge in [0.25, 0.3) is 0 Å². The molecule has 1 N–H and O–H groups in total. The molecule has 3 aromatic carbocycles. The zero-order valence-electron chi connectivity index (χ0n) is 16.9. The van der Waals surface area contributed by atoms with Crippen LogP contribution in [0, 0.1) is 0 Å². The third kappa shape index (κ3) is 2.49. The quantitative estimate of drug-likeness (QED) is 0.605. The summed E-state index contributed by atoms with van der Waals surface area (Å²) < 4.78 is 0. The first kappa shape index (κ1) is 18.0. The molecule has 27 heavy (non-hydrogen) atoms. The van der Waals surface area contributed by atoms with Crippen LogP contribution >= 0.6 is 0 Å². The van der Waals surface area contributed by atoms with Crippen molar-refractivity contribution in [3.8, 4) is 0 Å². The molecule has 4 rings (SSSR count). The molecule has 0 bridgehead atoms. The number of fused-ring (bicyclic) bond motifs is 2. The number of hydrogen-bond acceptors (Lipinski definition) is 1. The van der Waals surface area contributed by atoms with Crippen LogP contribution in [-0.2, 0) is 16.4 Å². The molecule has 0 aromatic heterocycles. The summed E-state index contributed by atoms with van der Waals surface area (Å²) >= 11 is 0. The van der Waals surface area contributed by atoms with Crippen molar-refractivity contribution < 1.29 is 5.11 Å². The Morgan fingerprint density at radius 2 is 0.963 bits per heavy atom. The van der Waals surface area contributed by atoms with E-state index in [4.69, 9.17) is 0 Å². The molecule has 1 aliphatic carbocycles. The average Bonchev–Trinajstić information content (AvgIpc) is 2.66. The van der Waals surface area contributed by atoms with Crippen molar-refractivity contribution in [3.63, 3.8) is 0 Å². The van der Waals surface area contributed by atoms with Crippen molar-refractivity contribution in [2.75, 3.05) is 0 Å². The van der Waals surface area contributed by atoms with Gasteiger partial charge in [0.2, 0.25) is 0 Å². The molecule has 0 saturated carbocycles. The molecule has 1 aliphatic rings. The van der Waals surface area contributed by atoms with Gasteiger partial charge in [-0.15, -0.1) is 0 Å². The number of aliphatic hydroxyl groups is 1. The molecule has 0 aliphatic heterocycles. The van der Waals surface area contributed by atoms with Crippen LogP contribution in [0.1, 0.15) is 68.0 Å². The van der Waals surface area contributed by atoms with Crippen molar-refractivity contribution in [3.05, 3.63) is 106 Å². The highest BCUT2D eigenvalue weighted by atomic mass is 16.3. The van der Waals surface area contributed by atoms with Crippen molar-refractivity contribution >= 4 is 0 Å². The number of benzene rings is 3. The Kier molecular flexibility index (Phi) is 3.87. The molecule has 1 heteroatoms. The van der Waals surface area contributed by atoms with Crippen molar-refractivity contribution in [1.82, 2.24) is 0 Å². The molecule has 0 heterocycles. The van der Waals surface area contributed by atoms with E-state index >= 15 is 0 Å². The monoisotopic (exact) mass is 356 g/mol. The van der Waals surface area contributed by atoms with E-state index < -0.39 is 5.60 Å². The summed E-state index contributed by atoms with van der Waals surface area (Å²) in [5.74, 6) is 0. The fourth-order valence-electron chi connectivity index (χ4n) is 4.96. The van der Waals surface area contributed by atoms with E-state index in [1.54, 1.807) is 0 Å². The molecule has 0 spiro atoms. The van der Waals surface area contributed by atoms with Crippen LogP contribution in [0.3, 0.4) is 0 Å². The zero-order valence-corrected chi connectivity index (χ0v) is 16.9. The highest BCUT2D eigenvalue weighted by Gasteiger charge is 2.46. The highest BCUT2D eigenvalue weighted by molar-refractivity contribution is 5.64. The van der Waals surface area contributed by atoms with Gasteiger partial charge in [0.1, 0.15) is 0 Å². The third-order valence-electron chi connectivity index (χ3n) is 6.40. The summed E-state index contributed by atoms with van der Waals surface area (Å²) in [5.41, 5.74) is 6.24. The van der Waals surface area contributed by atoms with E-state index in [2.05, 4.69) is 87.5 Å². The molecule has 3 aromatic rings. The largest absolute Gasteiger partial charge is 0.386 e. The second kappa shape index (κ2) is 5.81. The lowest BCUT2D eigenvalue weighted by Crippen LogP contribution is -2.40. The first-order valence-electron chi connectivity index (χ1n) is 9.71. The summed E-state index contributed by atoms with van der Waals surface area (Å²) in [5, 5.41) is 10.9. The lowest BCUT2D eigenvalue weighted by molar-refractivity contribution is 0.0769. The van der Waals surface area contributed by atoms with Crippen molar-refractivity contribution in [2.24, 2.45) is 0 Å². The summed E-state index contributed by atoms with van der Waals surface area (Å²) in [6.07, 6.45) is 0. The number of rotatable bonds is 2. The summed E-state index contributed by atoms with van der Waals surface area (Å²) in [7, 11) is 0. The first-order valence-corrected chi connectivity index (χ1v) is 9.71. The molecule has 0 amide bonds. The van der Waals surface area contributed by atoms with E-state index in [9.17, 15) is 5.11 Å². The van der Waals surface area contributed by atoms with Gasteiger partial charge in [0, 0.05) is 10.8 Å². The first-order chi connectivity index (χ1) is 12.7. The van der Waals surface area contributed by atoms with Gasteiger partial charge in [-0.2, -0.15) is 0 Å². The normalized spacial score (nSPS) is 17.1. The highest BCUT2D eigenvalue weighted by Crippen LogP contribution is 2.53. The fourth-order valence-corrected chi connectivity index (χ4v) is 4.96. The van der Waals surface area contributed by atoms with Gasteiger partial charge in [0.05, 0.1) is 5.60 Å². The molecule has 0 unspecified atom stereocenters. The zero-order chi connectivity index (χ0) is 19.4. The summed E-state index contributed by atoms with van der Waals surface area (Å²) in [4.78, 5) is 0. The van der Waals surface area contributed by atoms with E-state index in [0.717, 1.165) is 5.56 Å². The van der Waals surface area contributed by atoms with Gasteiger partial charge in [-0.25, -0.2) is 0 Å². The maximum Gasteiger partial charge on any atom is 0.0843 e. The Bertz CT molecular complexity index is 955. The smallest absolute Gasteiger partial charge is 0.0843 e. The van der Waals surface area contributed by atoms with E-state index in [1.807, 2.05) is 19.9 Å². The van der Waals surface area contributed by atoms with Crippen molar-refractivity contribution in [1.29, 1.82) is 0 Å². The molecule has 0 fully saturated rings. The lowest BCUT2D eigenvalue weighted by Gasteiger charge is -2.47. The minimum atomic E-state index is -0.906. The second-order valence-electron chi connectivity index (χ2n) is 8.95. The minimum Gasteiger partial charge on any atom is -0.386 e. The third-order valence-corrected chi connectivity index (χ3v) is 6.40. The van der Waals surface area contributed by atoms with Gasteiger partial charge in [-0.3, -0.25) is 0 Å². The molecule has 138 valence electrons. The predicted molar refractivity (Wildman–Crippen MR) is 112 cm³/mol. The van der Waals surface area contributed by atoms with Crippen LogP contribution in [-0.4, -0.2) is 5.11 Å². The van der Waals surface area contributed by atoms with Gasteiger partial charge in [-0.05, 0) is 54.2 Å². The molecule has 0 radical (unpaired) electrons. The van der Waals surface area contributed by atoms with E-state index in [-0.39, 0.29) is 10.8 Å². The average molecular weight is 357 g/mol.